The molecular weight excluding hydrogens is 384 g/mol. The topological polar surface area (TPSA) is 78.9 Å². The first-order valence-electron chi connectivity index (χ1n) is 9.68. The molecule has 1 amide bonds. The van der Waals surface area contributed by atoms with Crippen molar-refractivity contribution >= 4 is 5.91 Å². The number of fused-ring (bicyclic) bond motifs is 1. The van der Waals surface area contributed by atoms with Crippen LogP contribution < -0.4 is 24.3 Å². The van der Waals surface area contributed by atoms with Gasteiger partial charge in [-0.1, -0.05) is 6.07 Å². The van der Waals surface area contributed by atoms with E-state index in [1.807, 2.05) is 37.3 Å². The van der Waals surface area contributed by atoms with Crippen molar-refractivity contribution in [2.75, 3.05) is 13.4 Å². The third-order valence-corrected chi connectivity index (χ3v) is 4.54. The number of benzene rings is 2. The first-order valence-corrected chi connectivity index (χ1v) is 9.68. The van der Waals surface area contributed by atoms with Crippen molar-refractivity contribution in [1.29, 1.82) is 0 Å². The number of ether oxygens (including phenoxy) is 4. The van der Waals surface area contributed by atoms with Crippen molar-refractivity contribution in [2.24, 2.45) is 0 Å². The van der Waals surface area contributed by atoms with E-state index in [1.165, 1.54) is 0 Å². The molecule has 1 aliphatic rings. The molecule has 4 rings (SSSR count). The van der Waals surface area contributed by atoms with E-state index in [9.17, 15) is 4.79 Å². The zero-order valence-corrected chi connectivity index (χ0v) is 16.6. The van der Waals surface area contributed by atoms with Crippen LogP contribution in [0, 0.1) is 0 Å². The SMILES string of the molecule is CCOc1cc(C(=O)NCc2ccc3c(c2)OCO3)ccc1OCc1ccncc1. The van der Waals surface area contributed by atoms with E-state index in [2.05, 4.69) is 10.3 Å². The smallest absolute Gasteiger partial charge is 0.251 e. The molecule has 0 bridgehead atoms. The van der Waals surface area contributed by atoms with Crippen LogP contribution in [0.3, 0.4) is 0 Å². The zero-order valence-electron chi connectivity index (χ0n) is 16.6. The van der Waals surface area contributed by atoms with Crippen LogP contribution in [-0.4, -0.2) is 24.3 Å². The van der Waals surface area contributed by atoms with Gasteiger partial charge in [0.2, 0.25) is 6.79 Å². The Labute approximate surface area is 174 Å². The minimum absolute atomic E-state index is 0.200. The maximum absolute atomic E-state index is 12.6. The van der Waals surface area contributed by atoms with Gasteiger partial charge in [0, 0.05) is 24.5 Å². The molecule has 0 atom stereocenters. The molecule has 0 aliphatic carbocycles. The number of carbonyl (C=O) groups excluding carboxylic acids is 1. The van der Waals surface area contributed by atoms with Gasteiger partial charge in [-0.15, -0.1) is 0 Å². The molecule has 0 spiro atoms. The number of carbonyl (C=O) groups is 1. The molecule has 3 aromatic rings. The minimum Gasteiger partial charge on any atom is -0.490 e. The fraction of sp³-hybridized carbons (Fsp3) is 0.217. The molecule has 2 aromatic carbocycles. The lowest BCUT2D eigenvalue weighted by molar-refractivity contribution is 0.0950. The molecule has 0 radical (unpaired) electrons. The molecule has 30 heavy (non-hydrogen) atoms. The highest BCUT2D eigenvalue weighted by Gasteiger charge is 2.15. The summed E-state index contributed by atoms with van der Waals surface area (Å²) in [7, 11) is 0. The second-order valence-electron chi connectivity index (χ2n) is 6.61. The van der Waals surface area contributed by atoms with E-state index < -0.39 is 0 Å². The van der Waals surface area contributed by atoms with Crippen molar-refractivity contribution in [3.05, 3.63) is 77.6 Å². The molecule has 154 valence electrons. The van der Waals surface area contributed by atoms with Gasteiger partial charge in [0.1, 0.15) is 6.61 Å². The van der Waals surface area contributed by atoms with E-state index in [0.29, 0.717) is 48.3 Å². The van der Waals surface area contributed by atoms with Gasteiger partial charge in [0.25, 0.3) is 5.91 Å². The average Bonchev–Trinajstić information content (AvgIpc) is 3.25. The Kier molecular flexibility index (Phi) is 5.98. The number of nitrogens with zero attached hydrogens (tertiary/aromatic N) is 1. The fourth-order valence-corrected chi connectivity index (χ4v) is 3.01. The predicted octanol–water partition coefficient (Wildman–Crippen LogP) is 3.72. The maximum atomic E-state index is 12.6. The first-order chi connectivity index (χ1) is 14.7. The van der Waals surface area contributed by atoms with Crippen LogP contribution in [0.2, 0.25) is 0 Å². The van der Waals surface area contributed by atoms with Gasteiger partial charge < -0.3 is 24.3 Å². The lowest BCUT2D eigenvalue weighted by Crippen LogP contribution is -2.22. The Hall–Kier alpha value is -3.74. The molecule has 7 nitrogen and oxygen atoms in total. The number of amides is 1. The van der Waals surface area contributed by atoms with Crippen LogP contribution in [0.15, 0.2) is 60.9 Å². The number of rotatable bonds is 8. The predicted molar refractivity (Wildman–Crippen MR) is 110 cm³/mol. The third kappa shape index (κ3) is 4.63. The first kappa shape index (κ1) is 19.6. The van der Waals surface area contributed by atoms with Gasteiger partial charge in [-0.2, -0.15) is 0 Å². The Balaban J connectivity index is 1.41. The number of hydrogen-bond donors (Lipinski definition) is 1. The second-order valence-corrected chi connectivity index (χ2v) is 6.61. The van der Waals surface area contributed by atoms with Gasteiger partial charge in [-0.25, -0.2) is 0 Å². The van der Waals surface area contributed by atoms with Crippen LogP contribution in [0.25, 0.3) is 0 Å². The summed E-state index contributed by atoms with van der Waals surface area (Å²) in [4.78, 5) is 16.6. The van der Waals surface area contributed by atoms with Crippen LogP contribution in [0.1, 0.15) is 28.4 Å². The van der Waals surface area contributed by atoms with Crippen LogP contribution in [0.5, 0.6) is 23.0 Å². The second kappa shape index (κ2) is 9.17. The Morgan fingerprint density at radius 1 is 0.967 bits per heavy atom. The summed E-state index contributed by atoms with van der Waals surface area (Å²) in [5, 5.41) is 2.91. The average molecular weight is 406 g/mol. The molecule has 2 heterocycles. The fourth-order valence-electron chi connectivity index (χ4n) is 3.01. The highest BCUT2D eigenvalue weighted by atomic mass is 16.7. The van der Waals surface area contributed by atoms with E-state index in [0.717, 1.165) is 11.1 Å². The van der Waals surface area contributed by atoms with Crippen LogP contribution >= 0.6 is 0 Å². The molecule has 0 unspecified atom stereocenters. The molecule has 0 fully saturated rings. The lowest BCUT2D eigenvalue weighted by Gasteiger charge is -2.13. The molecule has 0 saturated heterocycles. The summed E-state index contributed by atoms with van der Waals surface area (Å²) in [5.74, 6) is 2.32. The summed E-state index contributed by atoms with van der Waals surface area (Å²) >= 11 is 0. The third-order valence-electron chi connectivity index (χ3n) is 4.54. The molecule has 0 saturated carbocycles. The summed E-state index contributed by atoms with van der Waals surface area (Å²) in [6, 6.07) is 14.5. The van der Waals surface area contributed by atoms with Crippen LogP contribution in [0.4, 0.5) is 0 Å². The zero-order chi connectivity index (χ0) is 20.8. The highest BCUT2D eigenvalue weighted by molar-refractivity contribution is 5.94. The van der Waals surface area contributed by atoms with Crippen molar-refractivity contribution < 1.29 is 23.7 Å². The van der Waals surface area contributed by atoms with Crippen molar-refractivity contribution in [2.45, 2.75) is 20.1 Å². The highest BCUT2D eigenvalue weighted by Crippen LogP contribution is 2.32. The van der Waals surface area contributed by atoms with Gasteiger partial charge in [0.15, 0.2) is 23.0 Å². The Morgan fingerprint density at radius 3 is 2.63 bits per heavy atom. The molecular formula is C23H22N2O5. The van der Waals surface area contributed by atoms with Gasteiger partial charge in [-0.3, -0.25) is 9.78 Å². The number of hydrogen-bond acceptors (Lipinski definition) is 6. The monoisotopic (exact) mass is 406 g/mol. The normalized spacial score (nSPS) is 11.8. The summed E-state index contributed by atoms with van der Waals surface area (Å²) in [6.45, 7) is 3.34. The van der Waals surface area contributed by atoms with Crippen molar-refractivity contribution in [3.63, 3.8) is 0 Å². The van der Waals surface area contributed by atoms with Crippen molar-refractivity contribution in [1.82, 2.24) is 10.3 Å². The summed E-state index contributed by atoms with van der Waals surface area (Å²) in [5.41, 5.74) is 2.42. The molecule has 1 aromatic heterocycles. The molecule has 1 N–H and O–H groups in total. The van der Waals surface area contributed by atoms with Crippen LogP contribution in [-0.2, 0) is 13.2 Å². The largest absolute Gasteiger partial charge is 0.490 e. The number of pyridine rings is 1. The van der Waals surface area contributed by atoms with E-state index in [-0.39, 0.29) is 12.7 Å². The van der Waals surface area contributed by atoms with E-state index in [4.69, 9.17) is 18.9 Å². The van der Waals surface area contributed by atoms with Gasteiger partial charge in [0.05, 0.1) is 6.61 Å². The quantitative estimate of drug-likeness (QED) is 0.614. The van der Waals surface area contributed by atoms with Crippen molar-refractivity contribution in [3.8, 4) is 23.0 Å². The summed E-state index contributed by atoms with van der Waals surface area (Å²) < 4.78 is 22.2. The Morgan fingerprint density at radius 2 is 1.80 bits per heavy atom. The lowest BCUT2D eigenvalue weighted by atomic mass is 10.1. The van der Waals surface area contributed by atoms with E-state index in [1.54, 1.807) is 30.6 Å². The van der Waals surface area contributed by atoms with E-state index >= 15 is 0 Å². The minimum atomic E-state index is -0.200. The van der Waals surface area contributed by atoms with Gasteiger partial charge in [-0.05, 0) is 60.5 Å². The molecule has 7 heteroatoms. The standard InChI is InChI=1S/C23H22N2O5/c1-2-27-22-12-18(4-6-19(22)28-14-16-7-9-24-10-8-16)23(26)25-13-17-3-5-20-21(11-17)30-15-29-20/h3-12H,2,13-15H2,1H3,(H,25,26). The maximum Gasteiger partial charge on any atom is 0.251 e. The number of nitrogens with one attached hydrogen (secondary N) is 1. The number of aromatic nitrogens is 1. The Bertz CT molecular complexity index is 1020. The van der Waals surface area contributed by atoms with Gasteiger partial charge >= 0.3 is 0 Å². The summed E-state index contributed by atoms with van der Waals surface area (Å²) in [6.07, 6.45) is 3.44. The molecule has 1 aliphatic heterocycles.